The fourth-order valence-corrected chi connectivity index (χ4v) is 5.77. The third kappa shape index (κ3) is 7.08. The Hall–Kier alpha value is -2.37. The van der Waals surface area contributed by atoms with Crippen molar-refractivity contribution in [3.8, 4) is 0 Å². The normalized spacial score (nSPS) is 24.2. The van der Waals surface area contributed by atoms with Crippen molar-refractivity contribution < 1.29 is 19.1 Å². The van der Waals surface area contributed by atoms with Crippen LogP contribution < -0.4 is 5.32 Å². The van der Waals surface area contributed by atoms with Gasteiger partial charge in [-0.05, 0) is 86.6 Å². The number of rotatable bonds is 9. The van der Waals surface area contributed by atoms with Crippen LogP contribution in [-0.4, -0.2) is 31.1 Å². The zero-order chi connectivity index (χ0) is 24.6. The van der Waals surface area contributed by atoms with E-state index >= 15 is 0 Å². The second-order valence-corrected chi connectivity index (χ2v) is 10.3. The predicted octanol–water partition coefficient (Wildman–Crippen LogP) is 6.12. The molecule has 2 aromatic rings. The molecule has 0 aliphatic heterocycles. The maximum Gasteiger partial charge on any atom is 0.338 e. The van der Waals surface area contributed by atoms with Crippen LogP contribution in [0.2, 0.25) is 5.02 Å². The Balaban J connectivity index is 1.24. The molecule has 2 aliphatic rings. The van der Waals surface area contributed by atoms with Crippen molar-refractivity contribution in [2.45, 2.75) is 76.5 Å². The van der Waals surface area contributed by atoms with E-state index < -0.39 is 0 Å². The fourth-order valence-electron chi connectivity index (χ4n) is 5.57. The lowest BCUT2D eigenvalue weighted by Gasteiger charge is -2.30. The standard InChI is InChI=1S/C29H36ClNO4/c1-34-29(33)26-17-14-24(30)18-23(26)11-10-21-8-5-9-27(21)31-28(32)22-12-15-25(16-13-22)35-19-20-6-3-2-4-7-20/h2-4,6-7,14,17-18,21-22,25,27H,5,8-13,15-16,19H2,1H3,(H,31,32)/t21-,22-,25-,27-/m0/s1. The fraction of sp³-hybridized carbons (Fsp3) is 0.517. The Kier molecular flexibility index (Phi) is 9.22. The summed E-state index contributed by atoms with van der Waals surface area (Å²) in [6, 6.07) is 15.8. The Labute approximate surface area is 213 Å². The average Bonchev–Trinajstić information content (AvgIpc) is 3.33. The number of benzene rings is 2. The van der Waals surface area contributed by atoms with E-state index in [1.165, 1.54) is 12.7 Å². The van der Waals surface area contributed by atoms with Gasteiger partial charge in [0.25, 0.3) is 0 Å². The number of hydrogen-bond donors (Lipinski definition) is 1. The van der Waals surface area contributed by atoms with E-state index in [9.17, 15) is 9.59 Å². The van der Waals surface area contributed by atoms with Crippen molar-refractivity contribution in [3.63, 3.8) is 0 Å². The molecule has 6 heteroatoms. The Bertz CT molecular complexity index is 987. The first-order chi connectivity index (χ1) is 17.0. The molecule has 0 bridgehead atoms. The molecule has 2 aromatic carbocycles. The van der Waals surface area contributed by atoms with Gasteiger partial charge in [0.05, 0.1) is 25.4 Å². The summed E-state index contributed by atoms with van der Waals surface area (Å²) in [5.41, 5.74) is 2.67. The van der Waals surface area contributed by atoms with Crippen LogP contribution in [0.1, 0.15) is 72.9 Å². The number of halogens is 1. The summed E-state index contributed by atoms with van der Waals surface area (Å²) < 4.78 is 11.0. The molecule has 0 aromatic heterocycles. The third-order valence-corrected chi connectivity index (χ3v) is 7.85. The lowest BCUT2D eigenvalue weighted by atomic mass is 9.86. The Morgan fingerprint density at radius 3 is 2.51 bits per heavy atom. The first-order valence-corrected chi connectivity index (χ1v) is 13.2. The molecule has 1 N–H and O–H groups in total. The zero-order valence-electron chi connectivity index (χ0n) is 20.5. The molecule has 2 atom stereocenters. The second-order valence-electron chi connectivity index (χ2n) is 9.91. The summed E-state index contributed by atoms with van der Waals surface area (Å²) in [7, 11) is 1.39. The molecule has 2 saturated carbocycles. The van der Waals surface area contributed by atoms with Crippen molar-refractivity contribution >= 4 is 23.5 Å². The van der Waals surface area contributed by atoms with E-state index in [1.54, 1.807) is 12.1 Å². The monoisotopic (exact) mass is 497 g/mol. The first kappa shape index (κ1) is 25.7. The topological polar surface area (TPSA) is 64.6 Å². The molecule has 4 rings (SSSR count). The van der Waals surface area contributed by atoms with E-state index in [-0.39, 0.29) is 29.9 Å². The van der Waals surface area contributed by atoms with Crippen molar-refractivity contribution in [2.24, 2.45) is 11.8 Å². The van der Waals surface area contributed by atoms with Crippen molar-refractivity contribution in [1.29, 1.82) is 0 Å². The SMILES string of the molecule is COC(=O)c1ccc(Cl)cc1CC[C@@H]1CCC[C@@H]1NC(=O)[C@H]1CC[C@H](OCc2ccccc2)CC1. The number of carbonyl (C=O) groups excluding carboxylic acids is 2. The van der Waals surface area contributed by atoms with Crippen LogP contribution >= 0.6 is 11.6 Å². The van der Waals surface area contributed by atoms with Crippen LogP contribution in [0.15, 0.2) is 48.5 Å². The summed E-state index contributed by atoms with van der Waals surface area (Å²) >= 11 is 6.19. The van der Waals surface area contributed by atoms with Gasteiger partial charge in [-0.3, -0.25) is 4.79 Å². The number of ether oxygens (including phenoxy) is 2. The molecule has 0 radical (unpaired) electrons. The van der Waals surface area contributed by atoms with Crippen LogP contribution in [0, 0.1) is 11.8 Å². The van der Waals surface area contributed by atoms with Crippen LogP contribution in [0.4, 0.5) is 0 Å². The maximum absolute atomic E-state index is 13.1. The summed E-state index contributed by atoms with van der Waals surface area (Å²) in [4.78, 5) is 25.2. The van der Waals surface area contributed by atoms with Gasteiger partial charge in [-0.2, -0.15) is 0 Å². The molecule has 0 spiro atoms. The van der Waals surface area contributed by atoms with Gasteiger partial charge in [0.1, 0.15) is 0 Å². The molecular weight excluding hydrogens is 462 g/mol. The third-order valence-electron chi connectivity index (χ3n) is 7.62. The summed E-state index contributed by atoms with van der Waals surface area (Å²) in [6.45, 7) is 0.635. The van der Waals surface area contributed by atoms with Crippen molar-refractivity contribution in [1.82, 2.24) is 5.32 Å². The summed E-state index contributed by atoms with van der Waals surface area (Å²) in [6.07, 6.45) is 8.76. The number of aryl methyl sites for hydroxylation is 1. The molecule has 35 heavy (non-hydrogen) atoms. The summed E-state index contributed by atoms with van der Waals surface area (Å²) in [5, 5.41) is 3.99. The van der Waals surface area contributed by atoms with E-state index in [0.29, 0.717) is 23.1 Å². The van der Waals surface area contributed by atoms with E-state index in [0.717, 1.165) is 63.4 Å². The van der Waals surface area contributed by atoms with Crippen molar-refractivity contribution in [3.05, 3.63) is 70.2 Å². The molecule has 188 valence electrons. The highest BCUT2D eigenvalue weighted by Gasteiger charge is 2.32. The van der Waals surface area contributed by atoms with Gasteiger partial charge in [0.15, 0.2) is 0 Å². The van der Waals surface area contributed by atoms with Gasteiger partial charge in [0.2, 0.25) is 5.91 Å². The van der Waals surface area contributed by atoms with Crippen LogP contribution in [-0.2, 0) is 27.3 Å². The van der Waals surface area contributed by atoms with Crippen molar-refractivity contribution in [2.75, 3.05) is 7.11 Å². The molecular formula is C29H36ClNO4. The lowest BCUT2D eigenvalue weighted by molar-refractivity contribution is -0.128. The highest BCUT2D eigenvalue weighted by molar-refractivity contribution is 6.30. The predicted molar refractivity (Wildman–Crippen MR) is 137 cm³/mol. The van der Waals surface area contributed by atoms with Gasteiger partial charge >= 0.3 is 5.97 Å². The molecule has 2 aliphatic carbocycles. The molecule has 1 amide bonds. The molecule has 0 saturated heterocycles. The van der Waals surface area contributed by atoms with E-state index in [1.807, 2.05) is 24.3 Å². The number of hydrogen-bond acceptors (Lipinski definition) is 4. The lowest BCUT2D eigenvalue weighted by Crippen LogP contribution is -2.42. The number of methoxy groups -OCH3 is 1. The first-order valence-electron chi connectivity index (χ1n) is 12.9. The highest BCUT2D eigenvalue weighted by atomic mass is 35.5. The van der Waals surface area contributed by atoms with Crippen LogP contribution in [0.3, 0.4) is 0 Å². The highest BCUT2D eigenvalue weighted by Crippen LogP contribution is 2.32. The van der Waals surface area contributed by atoms with Gasteiger partial charge in [-0.15, -0.1) is 0 Å². The van der Waals surface area contributed by atoms with Crippen LogP contribution in [0.25, 0.3) is 0 Å². The van der Waals surface area contributed by atoms with Gasteiger partial charge in [0, 0.05) is 17.0 Å². The summed E-state index contributed by atoms with van der Waals surface area (Å²) in [5.74, 6) is 0.346. The number of carbonyl (C=O) groups is 2. The van der Waals surface area contributed by atoms with Gasteiger partial charge in [-0.25, -0.2) is 4.79 Å². The number of esters is 1. The van der Waals surface area contributed by atoms with E-state index in [2.05, 4.69) is 17.4 Å². The molecule has 0 unspecified atom stereocenters. The minimum absolute atomic E-state index is 0.0756. The van der Waals surface area contributed by atoms with E-state index in [4.69, 9.17) is 21.1 Å². The Morgan fingerprint density at radius 1 is 1.00 bits per heavy atom. The molecule has 5 nitrogen and oxygen atoms in total. The molecule has 2 fully saturated rings. The average molecular weight is 498 g/mol. The second kappa shape index (κ2) is 12.5. The number of amides is 1. The largest absolute Gasteiger partial charge is 0.465 e. The van der Waals surface area contributed by atoms with Gasteiger partial charge < -0.3 is 14.8 Å². The van der Waals surface area contributed by atoms with Gasteiger partial charge in [-0.1, -0.05) is 48.4 Å². The molecule has 0 heterocycles. The Morgan fingerprint density at radius 2 is 1.77 bits per heavy atom. The zero-order valence-corrected chi connectivity index (χ0v) is 21.3. The minimum atomic E-state index is -0.337. The van der Waals surface area contributed by atoms with Crippen LogP contribution in [0.5, 0.6) is 0 Å². The number of nitrogens with one attached hydrogen (secondary N) is 1. The minimum Gasteiger partial charge on any atom is -0.465 e. The smallest absolute Gasteiger partial charge is 0.338 e. The maximum atomic E-state index is 13.1. The quantitative estimate of drug-likeness (QED) is 0.424.